The van der Waals surface area contributed by atoms with Crippen molar-refractivity contribution in [2.45, 2.75) is 26.2 Å². The van der Waals surface area contributed by atoms with Gasteiger partial charge in [-0.15, -0.1) is 0 Å². The van der Waals surface area contributed by atoms with E-state index in [-0.39, 0.29) is 18.2 Å². The first-order valence-corrected chi connectivity index (χ1v) is 8.27. The van der Waals surface area contributed by atoms with Gasteiger partial charge in [-0.2, -0.15) is 0 Å². The Morgan fingerprint density at radius 2 is 1.54 bits per heavy atom. The van der Waals surface area contributed by atoms with E-state index >= 15 is 0 Å². The van der Waals surface area contributed by atoms with Gasteiger partial charge in [-0.1, -0.05) is 32.0 Å². The molecule has 6 nitrogen and oxygen atoms in total. The molecule has 0 unspecified atom stereocenters. The summed E-state index contributed by atoms with van der Waals surface area (Å²) in [6.07, 6.45) is -0.300. The summed E-state index contributed by atoms with van der Waals surface area (Å²) in [6.45, 7) is 4.07. The number of esters is 1. The van der Waals surface area contributed by atoms with Crippen LogP contribution < -0.4 is 10.6 Å². The standard InChI is InChI=1S/C20H22N2O4/c1-13(2)16-6-4-5-7-17(16)22-19(24)12-18(23)21-15-10-8-14(9-11-15)20(25)26-3/h4-11,13H,12H2,1-3H3,(H,21,23)(H,22,24). The van der Waals surface area contributed by atoms with Crippen LogP contribution in [0.4, 0.5) is 11.4 Å². The first-order chi connectivity index (χ1) is 12.4. The fourth-order valence-corrected chi connectivity index (χ4v) is 2.47. The summed E-state index contributed by atoms with van der Waals surface area (Å²) >= 11 is 0. The Morgan fingerprint density at radius 1 is 0.923 bits per heavy atom. The van der Waals surface area contributed by atoms with Gasteiger partial charge < -0.3 is 15.4 Å². The Morgan fingerprint density at radius 3 is 2.15 bits per heavy atom. The highest BCUT2D eigenvalue weighted by Gasteiger charge is 2.13. The third-order valence-corrected chi connectivity index (χ3v) is 3.77. The molecule has 0 bridgehead atoms. The Hall–Kier alpha value is -3.15. The van der Waals surface area contributed by atoms with E-state index < -0.39 is 11.9 Å². The van der Waals surface area contributed by atoms with Crippen LogP contribution in [0.5, 0.6) is 0 Å². The van der Waals surface area contributed by atoms with Gasteiger partial charge in [0.15, 0.2) is 0 Å². The highest BCUT2D eigenvalue weighted by molar-refractivity contribution is 6.08. The Bertz CT molecular complexity index is 798. The molecule has 2 aromatic carbocycles. The van der Waals surface area contributed by atoms with E-state index in [9.17, 15) is 14.4 Å². The van der Waals surface area contributed by atoms with Gasteiger partial charge in [0.1, 0.15) is 6.42 Å². The Balaban J connectivity index is 1.93. The van der Waals surface area contributed by atoms with Gasteiger partial charge in [0.25, 0.3) is 0 Å². The zero-order chi connectivity index (χ0) is 19.1. The first kappa shape index (κ1) is 19.2. The van der Waals surface area contributed by atoms with Crippen molar-refractivity contribution in [2.75, 3.05) is 17.7 Å². The maximum Gasteiger partial charge on any atom is 0.337 e. The maximum atomic E-state index is 12.1. The number of carbonyl (C=O) groups is 3. The molecule has 0 radical (unpaired) electrons. The quantitative estimate of drug-likeness (QED) is 0.613. The van der Waals surface area contributed by atoms with Crippen molar-refractivity contribution in [1.29, 1.82) is 0 Å². The minimum atomic E-state index is -0.453. The molecular formula is C20H22N2O4. The molecule has 0 saturated carbocycles. The van der Waals surface area contributed by atoms with Crippen molar-refractivity contribution < 1.29 is 19.1 Å². The number of anilines is 2. The average molecular weight is 354 g/mol. The molecule has 0 saturated heterocycles. The molecular weight excluding hydrogens is 332 g/mol. The van der Waals surface area contributed by atoms with E-state index in [0.29, 0.717) is 16.9 Å². The summed E-state index contributed by atoms with van der Waals surface area (Å²) < 4.78 is 4.61. The normalized spacial score (nSPS) is 10.3. The summed E-state index contributed by atoms with van der Waals surface area (Å²) in [7, 11) is 1.30. The fraction of sp³-hybridized carbons (Fsp3) is 0.250. The van der Waals surface area contributed by atoms with Gasteiger partial charge in [-0.05, 0) is 41.8 Å². The highest BCUT2D eigenvalue weighted by Crippen LogP contribution is 2.23. The van der Waals surface area contributed by atoms with E-state index in [1.807, 2.05) is 38.1 Å². The zero-order valence-corrected chi connectivity index (χ0v) is 15.0. The van der Waals surface area contributed by atoms with E-state index in [1.165, 1.54) is 7.11 Å². The van der Waals surface area contributed by atoms with Crippen LogP contribution in [-0.2, 0) is 14.3 Å². The third-order valence-electron chi connectivity index (χ3n) is 3.77. The van der Waals surface area contributed by atoms with Crippen LogP contribution in [0.15, 0.2) is 48.5 Å². The summed E-state index contributed by atoms with van der Waals surface area (Å²) in [5.41, 5.74) is 2.61. The lowest BCUT2D eigenvalue weighted by Crippen LogP contribution is -2.22. The molecule has 0 aliphatic heterocycles. The third kappa shape index (κ3) is 5.17. The molecule has 0 aromatic heterocycles. The summed E-state index contributed by atoms with van der Waals surface area (Å²) in [5, 5.41) is 5.41. The molecule has 0 aliphatic rings. The summed E-state index contributed by atoms with van der Waals surface area (Å²) in [5.74, 6) is -1.02. The number of hydrogen-bond donors (Lipinski definition) is 2. The predicted molar refractivity (Wildman–Crippen MR) is 100 cm³/mol. The SMILES string of the molecule is COC(=O)c1ccc(NC(=O)CC(=O)Nc2ccccc2C(C)C)cc1. The highest BCUT2D eigenvalue weighted by atomic mass is 16.5. The molecule has 2 rings (SSSR count). The molecule has 2 aromatic rings. The van der Waals surface area contributed by atoms with Crippen molar-refractivity contribution in [3.63, 3.8) is 0 Å². The minimum Gasteiger partial charge on any atom is -0.465 e. The molecule has 2 N–H and O–H groups in total. The van der Waals surface area contributed by atoms with Crippen LogP contribution in [0, 0.1) is 0 Å². The molecule has 26 heavy (non-hydrogen) atoms. The van der Waals surface area contributed by atoms with Crippen molar-refractivity contribution in [1.82, 2.24) is 0 Å². The van der Waals surface area contributed by atoms with Gasteiger partial charge in [-0.25, -0.2) is 4.79 Å². The van der Waals surface area contributed by atoms with E-state index in [4.69, 9.17) is 0 Å². The second-order valence-electron chi connectivity index (χ2n) is 6.08. The molecule has 136 valence electrons. The van der Waals surface area contributed by atoms with E-state index in [1.54, 1.807) is 24.3 Å². The molecule has 0 atom stereocenters. The number of nitrogens with one attached hydrogen (secondary N) is 2. The molecule has 6 heteroatoms. The molecule has 0 heterocycles. The lowest BCUT2D eigenvalue weighted by atomic mass is 10.0. The lowest BCUT2D eigenvalue weighted by molar-refractivity contribution is -0.123. The number of methoxy groups -OCH3 is 1. The maximum absolute atomic E-state index is 12.1. The number of rotatable bonds is 6. The number of amides is 2. The van der Waals surface area contributed by atoms with Crippen LogP contribution in [0.2, 0.25) is 0 Å². The number of ether oxygens (including phenoxy) is 1. The predicted octanol–water partition coefficient (Wildman–Crippen LogP) is 3.56. The topological polar surface area (TPSA) is 84.5 Å². The van der Waals surface area contributed by atoms with Crippen molar-refractivity contribution in [3.8, 4) is 0 Å². The smallest absolute Gasteiger partial charge is 0.337 e. The van der Waals surface area contributed by atoms with Gasteiger partial charge in [-0.3, -0.25) is 9.59 Å². The second kappa shape index (κ2) is 8.80. The van der Waals surface area contributed by atoms with Crippen LogP contribution >= 0.6 is 0 Å². The van der Waals surface area contributed by atoms with Gasteiger partial charge >= 0.3 is 5.97 Å². The van der Waals surface area contributed by atoms with Crippen molar-refractivity contribution >= 4 is 29.2 Å². The monoisotopic (exact) mass is 354 g/mol. The summed E-state index contributed by atoms with van der Waals surface area (Å²) in [4.78, 5) is 35.6. The number of para-hydroxylation sites is 1. The lowest BCUT2D eigenvalue weighted by Gasteiger charge is -2.13. The van der Waals surface area contributed by atoms with Crippen LogP contribution in [-0.4, -0.2) is 24.9 Å². The van der Waals surface area contributed by atoms with Crippen molar-refractivity contribution in [3.05, 3.63) is 59.7 Å². The zero-order valence-electron chi connectivity index (χ0n) is 15.0. The van der Waals surface area contributed by atoms with Crippen LogP contribution in [0.25, 0.3) is 0 Å². The van der Waals surface area contributed by atoms with Crippen molar-refractivity contribution in [2.24, 2.45) is 0 Å². The van der Waals surface area contributed by atoms with E-state index in [2.05, 4.69) is 15.4 Å². The minimum absolute atomic E-state index is 0.258. The first-order valence-electron chi connectivity index (χ1n) is 8.27. The fourth-order valence-electron chi connectivity index (χ4n) is 2.47. The van der Waals surface area contributed by atoms with E-state index in [0.717, 1.165) is 5.56 Å². The number of hydrogen-bond acceptors (Lipinski definition) is 4. The molecule has 0 spiro atoms. The molecule has 0 aliphatic carbocycles. The number of carbonyl (C=O) groups excluding carboxylic acids is 3. The summed E-state index contributed by atoms with van der Waals surface area (Å²) in [6, 6.07) is 13.8. The number of benzene rings is 2. The molecule has 0 fully saturated rings. The van der Waals surface area contributed by atoms with Gasteiger partial charge in [0.05, 0.1) is 12.7 Å². The average Bonchev–Trinajstić information content (AvgIpc) is 2.61. The largest absolute Gasteiger partial charge is 0.465 e. The van der Waals surface area contributed by atoms with Gasteiger partial charge in [0, 0.05) is 11.4 Å². The Kier molecular flexibility index (Phi) is 6.49. The molecule has 2 amide bonds. The van der Waals surface area contributed by atoms with Crippen LogP contribution in [0.1, 0.15) is 42.1 Å². The van der Waals surface area contributed by atoms with Gasteiger partial charge in [0.2, 0.25) is 11.8 Å². The second-order valence-corrected chi connectivity index (χ2v) is 6.08. The van der Waals surface area contributed by atoms with Crippen LogP contribution in [0.3, 0.4) is 0 Å². The Labute approximate surface area is 152 Å².